The van der Waals surface area contributed by atoms with Crippen LogP contribution >= 0.6 is 0 Å². The molecule has 5 heterocycles. The van der Waals surface area contributed by atoms with Crippen molar-refractivity contribution in [3.63, 3.8) is 0 Å². The Bertz CT molecular complexity index is 1770. The lowest BCUT2D eigenvalue weighted by Crippen LogP contribution is -2.22. The number of amides is 1. The summed E-state index contributed by atoms with van der Waals surface area (Å²) in [6.45, 7) is 0. The zero-order chi connectivity index (χ0) is 27.1. The average Bonchev–Trinajstić information content (AvgIpc) is 3.68. The monoisotopic (exact) mass is 532 g/mol. The number of benzene rings is 1. The maximum atomic E-state index is 13.5. The molecule has 0 radical (unpaired) electrons. The molecular weight excluding hydrogens is 507 g/mol. The Balaban J connectivity index is 1.22. The standard InChI is InChI=1S/C30H25FN8O/c31-21-7-5-17(6-8-21)23-9-10-33-29-26(23)37-28(38-29)25-16-35-39-27-24(25)12-20(14-34-27)19-11-22(15-32-13-19)36-30(40)18-3-1-2-4-18/h5-16,18,35H,1-4H2,(H,34,39)(H,36,40)(H,33,37,38). The van der Waals surface area contributed by atoms with Crippen LogP contribution in [-0.4, -0.2) is 30.8 Å². The lowest BCUT2D eigenvalue weighted by Gasteiger charge is -2.19. The van der Waals surface area contributed by atoms with Gasteiger partial charge < -0.3 is 15.7 Å². The van der Waals surface area contributed by atoms with E-state index < -0.39 is 0 Å². The van der Waals surface area contributed by atoms with Crippen LogP contribution in [0.5, 0.6) is 0 Å². The third-order valence-electron chi connectivity index (χ3n) is 7.45. The summed E-state index contributed by atoms with van der Waals surface area (Å²) in [5.41, 5.74) is 13.1. The highest BCUT2D eigenvalue weighted by molar-refractivity contribution is 5.95. The van der Waals surface area contributed by atoms with Crippen LogP contribution in [0.25, 0.3) is 39.0 Å². The zero-order valence-corrected chi connectivity index (χ0v) is 21.4. The summed E-state index contributed by atoms with van der Waals surface area (Å²) < 4.78 is 13.5. The number of rotatable bonds is 5. The van der Waals surface area contributed by atoms with Crippen molar-refractivity contribution < 1.29 is 9.18 Å². The molecule has 1 saturated carbocycles. The Hall–Kier alpha value is -5.12. The average molecular weight is 533 g/mol. The number of nitrogens with one attached hydrogen (secondary N) is 4. The molecule has 7 rings (SSSR count). The predicted octanol–water partition coefficient (Wildman–Crippen LogP) is 5.67. The van der Waals surface area contributed by atoms with Gasteiger partial charge in [-0.25, -0.2) is 19.3 Å². The number of nitrogens with zero attached hydrogens (tertiary/aromatic N) is 4. The van der Waals surface area contributed by atoms with Crippen molar-refractivity contribution in [2.75, 3.05) is 10.7 Å². The van der Waals surface area contributed by atoms with Crippen molar-refractivity contribution in [3.8, 4) is 22.3 Å². The first-order valence-electron chi connectivity index (χ1n) is 13.2. The minimum absolute atomic E-state index is 0.0546. The van der Waals surface area contributed by atoms with E-state index >= 15 is 0 Å². The number of halogens is 1. The maximum absolute atomic E-state index is 13.5. The predicted molar refractivity (Wildman–Crippen MR) is 151 cm³/mol. The minimum atomic E-state index is -0.290. The Morgan fingerprint density at radius 3 is 2.60 bits per heavy atom. The number of aromatic nitrogens is 5. The van der Waals surface area contributed by atoms with Gasteiger partial charge in [0.1, 0.15) is 11.6 Å². The van der Waals surface area contributed by atoms with Crippen LogP contribution in [0, 0.1) is 11.7 Å². The summed E-state index contributed by atoms with van der Waals surface area (Å²) in [5.74, 6) is 1.09. The van der Waals surface area contributed by atoms with E-state index in [9.17, 15) is 9.18 Å². The van der Waals surface area contributed by atoms with Crippen molar-refractivity contribution >= 4 is 34.1 Å². The summed E-state index contributed by atoms with van der Waals surface area (Å²) in [6, 6.07) is 12.2. The number of fused-ring (bicyclic) bond motifs is 2. The summed E-state index contributed by atoms with van der Waals surface area (Å²) in [5, 5.41) is 3.03. The van der Waals surface area contributed by atoms with E-state index in [1.54, 1.807) is 36.9 Å². The smallest absolute Gasteiger partial charge is 0.227 e. The van der Waals surface area contributed by atoms with Gasteiger partial charge in [-0.1, -0.05) is 25.0 Å². The minimum Gasteiger partial charge on any atom is -0.336 e. The van der Waals surface area contributed by atoms with Crippen molar-refractivity contribution in [1.82, 2.24) is 30.3 Å². The molecule has 1 fully saturated rings. The van der Waals surface area contributed by atoms with Crippen molar-refractivity contribution in [1.29, 1.82) is 0 Å². The number of pyridine rings is 3. The molecule has 1 amide bonds. The molecule has 2 aliphatic rings. The second-order valence-electron chi connectivity index (χ2n) is 10.0. The number of hydrogen-bond acceptors (Lipinski definition) is 7. The second-order valence-corrected chi connectivity index (χ2v) is 10.0. The number of hydrazine groups is 1. The third kappa shape index (κ3) is 4.43. The van der Waals surface area contributed by atoms with E-state index in [2.05, 4.69) is 36.1 Å². The molecule has 0 spiro atoms. The topological polar surface area (TPSA) is 121 Å². The molecule has 4 aromatic heterocycles. The SMILES string of the molecule is O=C(Nc1cncc(-c2cnc3c(c2)C(c2nc4nccc(-c5ccc(F)cc5)c4[nH]2)=CNN3)c1)C1CCCC1. The molecule has 9 nitrogen and oxygen atoms in total. The fraction of sp³-hybridized carbons (Fsp3) is 0.167. The number of H-pyrrole nitrogens is 1. The molecule has 10 heteroatoms. The zero-order valence-electron chi connectivity index (χ0n) is 21.4. The van der Waals surface area contributed by atoms with Crippen molar-refractivity contribution in [2.45, 2.75) is 25.7 Å². The number of imidazole rings is 1. The largest absolute Gasteiger partial charge is 0.336 e. The highest BCUT2D eigenvalue weighted by atomic mass is 19.1. The van der Waals surface area contributed by atoms with E-state index in [1.807, 2.05) is 24.4 Å². The number of anilines is 2. The quantitative estimate of drug-likeness (QED) is 0.230. The van der Waals surface area contributed by atoms with E-state index in [-0.39, 0.29) is 17.6 Å². The Morgan fingerprint density at radius 2 is 1.75 bits per heavy atom. The van der Waals surface area contributed by atoms with Crippen LogP contribution in [0.1, 0.15) is 37.1 Å². The van der Waals surface area contributed by atoms with Gasteiger partial charge >= 0.3 is 0 Å². The molecule has 4 N–H and O–H groups in total. The molecule has 0 unspecified atom stereocenters. The highest BCUT2D eigenvalue weighted by Crippen LogP contribution is 2.35. The summed E-state index contributed by atoms with van der Waals surface area (Å²) in [4.78, 5) is 34.3. The highest BCUT2D eigenvalue weighted by Gasteiger charge is 2.23. The first-order valence-corrected chi connectivity index (χ1v) is 13.2. The van der Waals surface area contributed by atoms with Gasteiger partial charge in [0, 0.05) is 58.5 Å². The molecule has 198 valence electrons. The third-order valence-corrected chi connectivity index (χ3v) is 7.45. The number of carbonyl (C=O) groups excluding carboxylic acids is 1. The van der Waals surface area contributed by atoms with Gasteiger partial charge in [-0.15, -0.1) is 0 Å². The van der Waals surface area contributed by atoms with Crippen molar-refractivity contribution in [2.24, 2.45) is 5.92 Å². The molecular formula is C30H25FN8O. The molecule has 1 aromatic carbocycles. The van der Waals surface area contributed by atoms with Crippen LogP contribution in [0.2, 0.25) is 0 Å². The molecule has 0 bridgehead atoms. The Kier molecular flexibility index (Phi) is 5.92. The fourth-order valence-electron chi connectivity index (χ4n) is 5.38. The molecule has 5 aromatic rings. The van der Waals surface area contributed by atoms with Gasteiger partial charge in [-0.05, 0) is 48.7 Å². The van der Waals surface area contributed by atoms with Crippen LogP contribution < -0.4 is 16.2 Å². The van der Waals surface area contributed by atoms with Crippen LogP contribution in [0.4, 0.5) is 15.9 Å². The number of aromatic amines is 1. The van der Waals surface area contributed by atoms with Crippen molar-refractivity contribution in [3.05, 3.63) is 90.7 Å². The van der Waals surface area contributed by atoms with Gasteiger partial charge in [-0.2, -0.15) is 0 Å². The summed E-state index contributed by atoms with van der Waals surface area (Å²) in [7, 11) is 0. The first-order chi connectivity index (χ1) is 19.6. The normalized spacial score (nSPS) is 14.8. The fourth-order valence-corrected chi connectivity index (χ4v) is 5.38. The number of carbonyl (C=O) groups is 1. The van der Waals surface area contributed by atoms with E-state index in [4.69, 9.17) is 4.98 Å². The van der Waals surface area contributed by atoms with Gasteiger partial charge in [0.2, 0.25) is 5.91 Å². The van der Waals surface area contributed by atoms with Gasteiger partial charge in [0.05, 0.1) is 17.4 Å². The Labute approximate surface area is 229 Å². The maximum Gasteiger partial charge on any atom is 0.227 e. The first kappa shape index (κ1) is 24.0. The van der Waals surface area contributed by atoms with Gasteiger partial charge in [-0.3, -0.25) is 15.2 Å². The lowest BCUT2D eigenvalue weighted by molar-refractivity contribution is -0.119. The molecule has 40 heavy (non-hydrogen) atoms. The van der Waals surface area contributed by atoms with Crippen LogP contribution in [0.15, 0.2) is 73.5 Å². The lowest BCUT2D eigenvalue weighted by atomic mass is 10.0. The van der Waals surface area contributed by atoms with Gasteiger partial charge in [0.15, 0.2) is 11.5 Å². The molecule has 1 aliphatic carbocycles. The van der Waals surface area contributed by atoms with Gasteiger partial charge in [0.25, 0.3) is 0 Å². The van der Waals surface area contributed by atoms with Crippen LogP contribution in [-0.2, 0) is 4.79 Å². The van der Waals surface area contributed by atoms with E-state index in [1.165, 1.54) is 12.1 Å². The van der Waals surface area contributed by atoms with E-state index in [0.717, 1.165) is 64.6 Å². The molecule has 0 saturated heterocycles. The molecule has 0 atom stereocenters. The molecule has 1 aliphatic heterocycles. The van der Waals surface area contributed by atoms with Crippen LogP contribution in [0.3, 0.4) is 0 Å². The number of hydrogen-bond donors (Lipinski definition) is 4. The Morgan fingerprint density at radius 1 is 0.925 bits per heavy atom. The van der Waals surface area contributed by atoms with E-state index in [0.29, 0.717) is 23.0 Å². The summed E-state index contributed by atoms with van der Waals surface area (Å²) >= 11 is 0. The summed E-state index contributed by atoms with van der Waals surface area (Å²) in [6.07, 6.45) is 12.8. The second kappa shape index (κ2) is 9.88.